The molecule has 1 atom stereocenters. The van der Waals surface area contributed by atoms with Gasteiger partial charge in [0, 0.05) is 13.1 Å². The normalized spacial score (nSPS) is 20.0. The third kappa shape index (κ3) is 1.98. The summed E-state index contributed by atoms with van der Waals surface area (Å²) in [5.74, 6) is 1.14. The molecule has 0 radical (unpaired) electrons. The van der Waals surface area contributed by atoms with E-state index in [-0.39, 0.29) is 0 Å². The third-order valence-electron chi connectivity index (χ3n) is 3.08. The molecule has 0 aromatic carbocycles. The van der Waals surface area contributed by atoms with Crippen LogP contribution in [-0.2, 0) is 0 Å². The fourth-order valence-electron chi connectivity index (χ4n) is 2.28. The van der Waals surface area contributed by atoms with Crippen molar-refractivity contribution in [1.82, 2.24) is 4.37 Å². The summed E-state index contributed by atoms with van der Waals surface area (Å²) in [6.45, 7) is 4.29. The highest BCUT2D eigenvalue weighted by Gasteiger charge is 2.26. The van der Waals surface area contributed by atoms with Crippen molar-refractivity contribution in [2.75, 3.05) is 23.7 Å². The highest BCUT2D eigenvalue weighted by Crippen LogP contribution is 2.34. The van der Waals surface area contributed by atoms with Crippen LogP contribution < -0.4 is 10.6 Å². The number of rotatable bonds is 3. The van der Waals surface area contributed by atoms with Crippen molar-refractivity contribution in [2.45, 2.75) is 26.2 Å². The number of nitriles is 1. The lowest BCUT2D eigenvalue weighted by Gasteiger charge is -2.15. The minimum Gasteiger partial charge on any atom is -0.382 e. The topological polar surface area (TPSA) is 65.9 Å². The van der Waals surface area contributed by atoms with E-state index < -0.39 is 0 Å². The Morgan fingerprint density at radius 1 is 1.69 bits per heavy atom. The number of nitrogen functional groups attached to an aromatic ring is 1. The molecule has 2 rings (SSSR count). The molecule has 0 amide bonds. The van der Waals surface area contributed by atoms with Crippen molar-refractivity contribution in [3.8, 4) is 6.07 Å². The number of nitrogens with two attached hydrogens (primary N) is 1. The quantitative estimate of drug-likeness (QED) is 0.874. The molecule has 86 valence electrons. The second-order valence-corrected chi connectivity index (χ2v) is 5.00. The zero-order valence-electron chi connectivity index (χ0n) is 9.44. The average molecular weight is 236 g/mol. The van der Waals surface area contributed by atoms with E-state index in [2.05, 4.69) is 22.3 Å². The van der Waals surface area contributed by atoms with E-state index in [4.69, 9.17) is 11.0 Å². The number of nitrogens with zero attached hydrogens (tertiary/aromatic N) is 3. The lowest BCUT2D eigenvalue weighted by Crippen LogP contribution is -2.19. The summed E-state index contributed by atoms with van der Waals surface area (Å²) in [5.41, 5.74) is 6.22. The minimum atomic E-state index is 0.376. The molecule has 0 bridgehead atoms. The molecule has 2 heterocycles. The maximum atomic E-state index is 9.03. The van der Waals surface area contributed by atoms with Crippen LogP contribution in [0.1, 0.15) is 31.7 Å². The number of aromatic nitrogens is 1. The van der Waals surface area contributed by atoms with Crippen LogP contribution in [0.5, 0.6) is 0 Å². The Balaban J connectivity index is 2.12. The van der Waals surface area contributed by atoms with Crippen molar-refractivity contribution in [3.63, 3.8) is 0 Å². The van der Waals surface area contributed by atoms with E-state index in [9.17, 15) is 0 Å². The molecule has 1 aliphatic heterocycles. The Kier molecular flexibility index (Phi) is 3.30. The molecule has 1 saturated heterocycles. The van der Waals surface area contributed by atoms with Crippen LogP contribution in [0.2, 0.25) is 0 Å². The maximum Gasteiger partial charge on any atom is 0.157 e. The van der Waals surface area contributed by atoms with E-state index in [1.54, 1.807) is 0 Å². The largest absolute Gasteiger partial charge is 0.382 e. The zero-order chi connectivity index (χ0) is 11.5. The third-order valence-corrected chi connectivity index (χ3v) is 4.01. The molecule has 1 aliphatic rings. The monoisotopic (exact) mass is 236 g/mol. The molecule has 1 fully saturated rings. The van der Waals surface area contributed by atoms with Crippen LogP contribution in [0.15, 0.2) is 0 Å². The molecule has 1 aromatic rings. The average Bonchev–Trinajstić information content (AvgIpc) is 2.85. The summed E-state index contributed by atoms with van der Waals surface area (Å²) < 4.78 is 4.06. The van der Waals surface area contributed by atoms with Crippen LogP contribution in [0.3, 0.4) is 0 Å². The Hall–Kier alpha value is -1.28. The van der Waals surface area contributed by atoms with Crippen molar-refractivity contribution in [2.24, 2.45) is 5.92 Å². The summed E-state index contributed by atoms with van der Waals surface area (Å²) in [4.78, 5) is 2.26. The molecule has 0 saturated carbocycles. The molecule has 5 heteroatoms. The molecule has 1 unspecified atom stereocenters. The first-order valence-electron chi connectivity index (χ1n) is 5.66. The first kappa shape index (κ1) is 11.2. The predicted octanol–water partition coefficient (Wildman–Crippen LogP) is 2.22. The van der Waals surface area contributed by atoms with Gasteiger partial charge in [-0.15, -0.1) is 0 Å². The molecular formula is C11H16N4S. The lowest BCUT2D eigenvalue weighted by atomic mass is 10.0. The summed E-state index contributed by atoms with van der Waals surface area (Å²) >= 11 is 1.35. The zero-order valence-corrected chi connectivity index (χ0v) is 10.3. The number of hydrogen-bond donors (Lipinski definition) is 1. The van der Waals surface area contributed by atoms with E-state index >= 15 is 0 Å². The van der Waals surface area contributed by atoms with Gasteiger partial charge < -0.3 is 10.6 Å². The van der Waals surface area contributed by atoms with E-state index in [1.807, 2.05) is 0 Å². The SMILES string of the molecule is CCCC1CCN(c2snc(N)c2C#N)C1. The van der Waals surface area contributed by atoms with Gasteiger partial charge in [-0.3, -0.25) is 0 Å². The van der Waals surface area contributed by atoms with Gasteiger partial charge in [0.25, 0.3) is 0 Å². The van der Waals surface area contributed by atoms with Gasteiger partial charge in [0.1, 0.15) is 16.6 Å². The van der Waals surface area contributed by atoms with Crippen molar-refractivity contribution >= 4 is 22.4 Å². The highest BCUT2D eigenvalue weighted by molar-refractivity contribution is 7.10. The fourth-order valence-corrected chi connectivity index (χ4v) is 3.07. The second kappa shape index (κ2) is 4.71. The Labute approximate surface area is 99.8 Å². The molecular weight excluding hydrogens is 220 g/mol. The van der Waals surface area contributed by atoms with Crippen LogP contribution in [0.25, 0.3) is 0 Å². The van der Waals surface area contributed by atoms with Gasteiger partial charge in [-0.25, -0.2) is 0 Å². The van der Waals surface area contributed by atoms with Gasteiger partial charge in [-0.05, 0) is 30.3 Å². The van der Waals surface area contributed by atoms with Gasteiger partial charge in [0.2, 0.25) is 0 Å². The summed E-state index contributed by atoms with van der Waals surface area (Å²) in [6, 6.07) is 2.15. The smallest absolute Gasteiger partial charge is 0.157 e. The van der Waals surface area contributed by atoms with Gasteiger partial charge in [0.15, 0.2) is 5.82 Å². The van der Waals surface area contributed by atoms with Crippen LogP contribution >= 0.6 is 11.5 Å². The van der Waals surface area contributed by atoms with Crippen LogP contribution in [0, 0.1) is 17.2 Å². The van der Waals surface area contributed by atoms with Gasteiger partial charge in [-0.1, -0.05) is 13.3 Å². The van der Waals surface area contributed by atoms with E-state index in [0.717, 1.165) is 24.0 Å². The number of anilines is 2. The highest BCUT2D eigenvalue weighted by atomic mass is 32.1. The first-order chi connectivity index (χ1) is 7.76. The van der Waals surface area contributed by atoms with E-state index in [1.165, 1.54) is 30.8 Å². The molecule has 2 N–H and O–H groups in total. The van der Waals surface area contributed by atoms with Crippen molar-refractivity contribution < 1.29 is 0 Å². The second-order valence-electron chi connectivity index (χ2n) is 4.25. The minimum absolute atomic E-state index is 0.376. The maximum absolute atomic E-state index is 9.03. The Morgan fingerprint density at radius 3 is 3.19 bits per heavy atom. The van der Waals surface area contributed by atoms with Crippen molar-refractivity contribution in [3.05, 3.63) is 5.56 Å². The lowest BCUT2D eigenvalue weighted by molar-refractivity contribution is 0.530. The van der Waals surface area contributed by atoms with Crippen molar-refractivity contribution in [1.29, 1.82) is 5.26 Å². The molecule has 4 nitrogen and oxygen atoms in total. The van der Waals surface area contributed by atoms with Gasteiger partial charge in [0.05, 0.1) is 0 Å². The molecule has 1 aromatic heterocycles. The van der Waals surface area contributed by atoms with Crippen LogP contribution in [-0.4, -0.2) is 17.5 Å². The summed E-state index contributed by atoms with van der Waals surface area (Å²) in [7, 11) is 0. The molecule has 0 spiro atoms. The molecule has 16 heavy (non-hydrogen) atoms. The van der Waals surface area contributed by atoms with E-state index in [0.29, 0.717) is 11.4 Å². The summed E-state index contributed by atoms with van der Waals surface area (Å²) in [5, 5.41) is 9.98. The number of hydrogen-bond acceptors (Lipinski definition) is 5. The molecule has 0 aliphatic carbocycles. The first-order valence-corrected chi connectivity index (χ1v) is 6.43. The Morgan fingerprint density at radius 2 is 2.50 bits per heavy atom. The van der Waals surface area contributed by atoms with Crippen LogP contribution in [0.4, 0.5) is 10.8 Å². The predicted molar refractivity (Wildman–Crippen MR) is 66.5 cm³/mol. The van der Waals surface area contributed by atoms with Gasteiger partial charge >= 0.3 is 0 Å². The Bertz CT molecular complexity index is 407. The van der Waals surface area contributed by atoms with Gasteiger partial charge in [-0.2, -0.15) is 9.64 Å². The fraction of sp³-hybridized carbons (Fsp3) is 0.636. The summed E-state index contributed by atoms with van der Waals surface area (Å²) in [6.07, 6.45) is 3.72. The standard InChI is InChI=1S/C11H16N4S/c1-2-3-8-4-5-15(7-8)11-9(6-12)10(13)14-16-11/h8H,2-5,7H2,1H3,(H2,13,14).